The van der Waals surface area contributed by atoms with Crippen LogP contribution in [0.15, 0.2) is 63.1 Å². The zero-order valence-electron chi connectivity index (χ0n) is 17.8. The smallest absolute Gasteiger partial charge is 0.325 e. The number of anilines is 2. The molecule has 3 rings (SSSR count). The molecule has 174 valence electrons. The highest BCUT2D eigenvalue weighted by Crippen LogP contribution is 2.38. The van der Waals surface area contributed by atoms with Gasteiger partial charge in [-0.1, -0.05) is 18.2 Å². The average Bonchev–Trinajstić information content (AvgIpc) is 2.77. The Morgan fingerprint density at radius 1 is 0.970 bits per heavy atom. The van der Waals surface area contributed by atoms with Crippen LogP contribution in [0.4, 0.5) is 11.4 Å². The molecule has 0 aliphatic rings. The van der Waals surface area contributed by atoms with Crippen LogP contribution in [0.2, 0.25) is 0 Å². The summed E-state index contributed by atoms with van der Waals surface area (Å²) in [5, 5.41) is 2.73. The van der Waals surface area contributed by atoms with Crippen LogP contribution in [-0.2, 0) is 10.0 Å². The first-order valence-corrected chi connectivity index (χ1v) is 11.4. The molecule has 0 aliphatic heterocycles. The lowest BCUT2D eigenvalue weighted by atomic mass is 10.2. The zero-order valence-corrected chi connectivity index (χ0v) is 18.6. The summed E-state index contributed by atoms with van der Waals surface area (Å²) >= 11 is 0. The van der Waals surface area contributed by atoms with Gasteiger partial charge in [0.15, 0.2) is 4.90 Å². The van der Waals surface area contributed by atoms with Gasteiger partial charge in [0.1, 0.15) is 11.5 Å². The van der Waals surface area contributed by atoms with Crippen molar-refractivity contribution < 1.29 is 22.7 Å². The van der Waals surface area contributed by atoms with Gasteiger partial charge in [-0.05, 0) is 26.0 Å². The number of sulfonamides is 1. The normalized spacial score (nSPS) is 11.0. The maximum atomic E-state index is 12.8. The molecule has 1 aromatic heterocycles. The highest BCUT2D eigenvalue weighted by molar-refractivity contribution is 7.92. The van der Waals surface area contributed by atoms with Gasteiger partial charge in [0.25, 0.3) is 21.5 Å². The van der Waals surface area contributed by atoms with Gasteiger partial charge in [-0.3, -0.25) is 19.3 Å². The molecule has 4 N–H and O–H groups in total. The summed E-state index contributed by atoms with van der Waals surface area (Å²) in [5.41, 5.74) is -1.27. The summed E-state index contributed by atoms with van der Waals surface area (Å²) in [4.78, 5) is 39.1. The lowest BCUT2D eigenvalue weighted by molar-refractivity contribution is 0.102. The second-order valence-corrected chi connectivity index (χ2v) is 8.22. The Labute approximate surface area is 188 Å². The number of aromatic nitrogens is 2. The van der Waals surface area contributed by atoms with Crippen LogP contribution in [0.5, 0.6) is 11.5 Å². The summed E-state index contributed by atoms with van der Waals surface area (Å²) in [6.45, 7) is 3.84. The van der Waals surface area contributed by atoms with Gasteiger partial charge in [-0.25, -0.2) is 13.2 Å². The van der Waals surface area contributed by atoms with Gasteiger partial charge >= 0.3 is 5.69 Å². The van der Waals surface area contributed by atoms with Crippen molar-refractivity contribution in [1.82, 2.24) is 9.97 Å². The fourth-order valence-corrected chi connectivity index (χ4v) is 3.94. The number of rotatable bonds is 9. The van der Waals surface area contributed by atoms with Gasteiger partial charge in [0.2, 0.25) is 0 Å². The van der Waals surface area contributed by atoms with E-state index in [0.717, 1.165) is 6.20 Å². The summed E-state index contributed by atoms with van der Waals surface area (Å²) in [6.07, 6.45) is 0.793. The van der Waals surface area contributed by atoms with Crippen LogP contribution >= 0.6 is 0 Å². The van der Waals surface area contributed by atoms with Gasteiger partial charge < -0.3 is 19.8 Å². The Kier molecular flexibility index (Phi) is 7.18. The van der Waals surface area contributed by atoms with Crippen LogP contribution in [0, 0.1) is 0 Å². The van der Waals surface area contributed by atoms with Gasteiger partial charge in [-0.2, -0.15) is 0 Å². The Morgan fingerprint density at radius 2 is 1.58 bits per heavy atom. The number of H-pyrrole nitrogens is 2. The van der Waals surface area contributed by atoms with E-state index in [1.54, 1.807) is 44.2 Å². The third-order valence-electron chi connectivity index (χ3n) is 4.28. The summed E-state index contributed by atoms with van der Waals surface area (Å²) in [5.74, 6) is -0.126. The number of hydrogen-bond acceptors (Lipinski definition) is 7. The van der Waals surface area contributed by atoms with E-state index in [4.69, 9.17) is 9.47 Å². The average molecular weight is 474 g/mol. The first-order chi connectivity index (χ1) is 15.7. The first kappa shape index (κ1) is 23.6. The number of carbonyl (C=O) groups excluding carboxylic acids is 1. The molecule has 0 fully saturated rings. The van der Waals surface area contributed by atoms with Gasteiger partial charge in [0, 0.05) is 23.9 Å². The first-order valence-electron chi connectivity index (χ1n) is 9.90. The van der Waals surface area contributed by atoms with Crippen LogP contribution in [0.3, 0.4) is 0 Å². The Bertz CT molecular complexity index is 1370. The Balaban J connectivity index is 2.02. The second-order valence-electron chi connectivity index (χ2n) is 6.57. The fraction of sp³-hybridized carbons (Fsp3) is 0.190. The van der Waals surface area contributed by atoms with Crippen molar-refractivity contribution in [3.63, 3.8) is 0 Å². The van der Waals surface area contributed by atoms with Crippen LogP contribution in [-0.4, -0.2) is 37.5 Å². The molecule has 0 saturated heterocycles. The van der Waals surface area contributed by atoms with Crippen LogP contribution in [0.25, 0.3) is 0 Å². The van der Waals surface area contributed by atoms with Crippen molar-refractivity contribution in [3.05, 3.63) is 75.1 Å². The van der Waals surface area contributed by atoms with Crippen molar-refractivity contribution in [3.8, 4) is 11.5 Å². The molecule has 3 aromatic rings. The van der Waals surface area contributed by atoms with E-state index >= 15 is 0 Å². The summed E-state index contributed by atoms with van der Waals surface area (Å²) in [7, 11) is -4.40. The largest absolute Gasteiger partial charge is 0.492 e. The van der Waals surface area contributed by atoms with E-state index in [1.165, 1.54) is 12.1 Å². The molecule has 1 heterocycles. The van der Waals surface area contributed by atoms with Crippen molar-refractivity contribution in [2.75, 3.05) is 23.3 Å². The molecule has 0 radical (unpaired) electrons. The molecule has 0 saturated carbocycles. The fourth-order valence-electron chi connectivity index (χ4n) is 2.87. The number of benzene rings is 2. The number of carbonyl (C=O) groups is 1. The van der Waals surface area contributed by atoms with Crippen molar-refractivity contribution in [2.45, 2.75) is 18.7 Å². The van der Waals surface area contributed by atoms with Gasteiger partial charge in [0.05, 0.1) is 24.6 Å². The topological polar surface area (TPSA) is 159 Å². The Hall–Kier alpha value is -4.06. The van der Waals surface area contributed by atoms with E-state index in [-0.39, 0.29) is 36.1 Å². The third kappa shape index (κ3) is 5.60. The van der Waals surface area contributed by atoms with Crippen LogP contribution < -0.4 is 30.8 Å². The molecule has 33 heavy (non-hydrogen) atoms. The quantitative estimate of drug-likeness (QED) is 0.368. The summed E-state index contributed by atoms with van der Waals surface area (Å²) in [6, 6.07) is 11.3. The van der Waals surface area contributed by atoms with Crippen molar-refractivity contribution in [2.24, 2.45) is 0 Å². The predicted molar refractivity (Wildman–Crippen MR) is 122 cm³/mol. The molecular weight excluding hydrogens is 452 g/mol. The number of hydrogen-bond donors (Lipinski definition) is 4. The molecule has 0 atom stereocenters. The number of ether oxygens (including phenoxy) is 2. The lowest BCUT2D eigenvalue weighted by Crippen LogP contribution is -2.29. The highest BCUT2D eigenvalue weighted by Gasteiger charge is 2.23. The van der Waals surface area contributed by atoms with Crippen LogP contribution in [0.1, 0.15) is 24.2 Å². The molecule has 0 bridgehead atoms. The minimum absolute atomic E-state index is 0.0244. The van der Waals surface area contributed by atoms with Crippen molar-refractivity contribution in [1.29, 1.82) is 0 Å². The standard InChI is InChI=1S/C21H22N4O7S/c1-3-31-16-11-15(25-33(29,30)18-12-22-21(28)24-20(18)27)17(32-4-2)10-14(16)23-19(26)13-8-6-5-7-9-13/h5-12,25H,3-4H2,1-2H3,(H,23,26)(H2,22,24,27,28). The van der Waals surface area contributed by atoms with Crippen molar-refractivity contribution >= 4 is 27.3 Å². The maximum Gasteiger partial charge on any atom is 0.325 e. The highest BCUT2D eigenvalue weighted by atomic mass is 32.2. The van der Waals surface area contributed by atoms with E-state index < -0.39 is 32.1 Å². The predicted octanol–water partition coefficient (Wildman–Crippen LogP) is 1.91. The van der Waals surface area contributed by atoms with E-state index in [0.29, 0.717) is 5.56 Å². The molecule has 0 aliphatic carbocycles. The molecule has 12 heteroatoms. The van der Waals surface area contributed by atoms with E-state index in [9.17, 15) is 22.8 Å². The monoisotopic (exact) mass is 474 g/mol. The molecule has 0 spiro atoms. The maximum absolute atomic E-state index is 12.8. The minimum Gasteiger partial charge on any atom is -0.492 e. The van der Waals surface area contributed by atoms with E-state index in [2.05, 4.69) is 15.0 Å². The zero-order chi connectivity index (χ0) is 24.0. The number of nitrogens with one attached hydrogen (secondary N) is 4. The third-order valence-corrected chi connectivity index (χ3v) is 5.66. The number of amides is 1. The SMILES string of the molecule is CCOc1cc(NS(=O)(=O)c2c[nH]c(=O)[nH]c2=O)c(OCC)cc1NC(=O)c1ccccc1. The Morgan fingerprint density at radius 3 is 2.18 bits per heavy atom. The minimum atomic E-state index is -4.40. The molecular formula is C21H22N4O7S. The van der Waals surface area contributed by atoms with E-state index in [1.807, 2.05) is 4.98 Å². The molecule has 1 amide bonds. The molecule has 2 aromatic carbocycles. The molecule has 11 nitrogen and oxygen atoms in total. The second kappa shape index (κ2) is 10.0. The van der Waals surface area contributed by atoms with Gasteiger partial charge in [-0.15, -0.1) is 0 Å². The number of aromatic amines is 2. The lowest BCUT2D eigenvalue weighted by Gasteiger charge is -2.18. The summed E-state index contributed by atoms with van der Waals surface area (Å²) < 4.78 is 39.0. The molecule has 0 unspecified atom stereocenters.